The van der Waals surface area contributed by atoms with Crippen LogP contribution in [0.15, 0.2) is 0 Å². The summed E-state index contributed by atoms with van der Waals surface area (Å²) in [6.07, 6.45) is -0.660. The molecule has 0 rings (SSSR count). The Kier molecular flexibility index (Phi) is 117. The van der Waals surface area contributed by atoms with Crippen molar-refractivity contribution in [2.75, 3.05) is 528 Å². The summed E-state index contributed by atoms with van der Waals surface area (Å²) in [6, 6.07) is 0. The van der Waals surface area contributed by atoms with Crippen molar-refractivity contribution in [2.24, 2.45) is 22.9 Å². The summed E-state index contributed by atoms with van der Waals surface area (Å²) in [5.74, 6) is 0. The Bertz CT molecular complexity index is 1750. The fraction of sp³-hybridized carbons (Fsp3) is 1.00. The van der Waals surface area contributed by atoms with Crippen LogP contribution in [0.3, 0.4) is 0 Å². The minimum atomic E-state index is -0.330. The molecule has 0 fully saturated rings. The largest absolute Gasteiger partial charge is 0.378 e. The first kappa shape index (κ1) is 123. The summed E-state index contributed by atoms with van der Waals surface area (Å²) in [6.45, 7) is 36.9. The fourth-order valence-electron chi connectivity index (χ4n) is 9.16. The molecule has 0 heterocycles. The monoisotopic (exact) mass is 1840 g/mol. The van der Waals surface area contributed by atoms with Crippen molar-refractivity contribution in [1.82, 2.24) is 0 Å². The second kappa shape index (κ2) is 118. The molecule has 2 unspecified atom stereocenters. The molecule has 0 saturated heterocycles. The smallest absolute Gasteiger partial charge is 0.104 e. The standard InChI is InChI=1S/C82H170N4O39/c83-1-5-87-9-11-89-13-15-91-17-19-93-21-23-95-25-27-97-29-31-99-33-35-101-37-39-103-41-43-105-45-47-107-49-51-109-53-55-111-57-59-113-61-63-115-65-67-117-69-71-119-73-75-121-77-81(124-7-3-85)79-123-80-82(125-8-4-86)78-122-76-74-120-72-70-118-68-66-116-64-62-114-60-58-112-56-54-110-52-50-108-48-46-106-44-42-104-40-38-102-36-34-100-32-30-98-28-26-96-24-22-94-20-18-92-16-14-90-12-10-88-6-2-84/h81-82H,1-80,83-86H2. The van der Waals surface area contributed by atoms with E-state index < -0.39 is 0 Å². The molecule has 752 valence electrons. The summed E-state index contributed by atoms with van der Waals surface area (Å²) in [5, 5.41) is 0. The van der Waals surface area contributed by atoms with Crippen molar-refractivity contribution in [3.05, 3.63) is 0 Å². The van der Waals surface area contributed by atoms with E-state index in [0.717, 1.165) is 0 Å². The van der Waals surface area contributed by atoms with E-state index in [9.17, 15) is 0 Å². The summed E-state index contributed by atoms with van der Waals surface area (Å²) in [4.78, 5) is 0. The number of hydrogen-bond donors (Lipinski definition) is 4. The van der Waals surface area contributed by atoms with E-state index in [1.54, 1.807) is 0 Å². The van der Waals surface area contributed by atoms with Crippen LogP contribution in [-0.4, -0.2) is 541 Å². The van der Waals surface area contributed by atoms with Gasteiger partial charge in [0.15, 0.2) is 0 Å². The molecule has 43 nitrogen and oxygen atoms in total. The molecule has 0 amide bonds. The molecule has 0 saturated carbocycles. The van der Waals surface area contributed by atoms with Gasteiger partial charge in [-0.15, -0.1) is 0 Å². The molecule has 0 radical (unpaired) electrons. The van der Waals surface area contributed by atoms with Crippen LogP contribution in [0, 0.1) is 0 Å². The van der Waals surface area contributed by atoms with Crippen molar-refractivity contribution in [3.63, 3.8) is 0 Å². The predicted molar refractivity (Wildman–Crippen MR) is 456 cm³/mol. The van der Waals surface area contributed by atoms with Gasteiger partial charge in [0.2, 0.25) is 0 Å². The number of hydrogen-bond acceptors (Lipinski definition) is 43. The van der Waals surface area contributed by atoms with E-state index in [4.69, 9.17) is 208 Å². The van der Waals surface area contributed by atoms with Gasteiger partial charge in [-0.1, -0.05) is 0 Å². The van der Waals surface area contributed by atoms with Crippen LogP contribution in [0.25, 0.3) is 0 Å². The highest BCUT2D eigenvalue weighted by Gasteiger charge is 2.15. The number of ether oxygens (including phenoxy) is 39. The molecule has 0 bridgehead atoms. The second-order valence-corrected chi connectivity index (χ2v) is 25.6. The molecule has 0 aliphatic carbocycles. The molecule has 0 aromatic heterocycles. The van der Waals surface area contributed by atoms with Gasteiger partial charge in [0.25, 0.3) is 0 Å². The van der Waals surface area contributed by atoms with Gasteiger partial charge >= 0.3 is 0 Å². The fourth-order valence-corrected chi connectivity index (χ4v) is 9.16. The Hall–Kier alpha value is -1.72. The molecule has 0 aromatic carbocycles. The Morgan fingerprint density at radius 3 is 0.264 bits per heavy atom. The van der Waals surface area contributed by atoms with E-state index in [1.165, 1.54) is 0 Å². The van der Waals surface area contributed by atoms with Crippen LogP contribution in [0.2, 0.25) is 0 Å². The van der Waals surface area contributed by atoms with Crippen molar-refractivity contribution >= 4 is 0 Å². The second-order valence-electron chi connectivity index (χ2n) is 25.6. The first-order chi connectivity index (χ1) is 62.3. The molecule has 0 aromatic rings. The Morgan fingerprint density at radius 2 is 0.168 bits per heavy atom. The van der Waals surface area contributed by atoms with E-state index >= 15 is 0 Å². The van der Waals surface area contributed by atoms with Gasteiger partial charge in [0.05, 0.1) is 502 Å². The molecule has 43 heteroatoms. The summed E-state index contributed by atoms with van der Waals surface area (Å²) in [5.41, 5.74) is 22.1. The SMILES string of the molecule is NCCOCCOCCOCCOCCOCCOCCOCCOCCOCCOCCOCCOCCOCCOCCOCCOCCOCCOCC(COCC(COCCOCCOCCOCCOCCOCCOCCOCCOCCOCCOCCOCCOCCOCCOCCOCCOCCOCCN)OCCN)OCCN. The van der Waals surface area contributed by atoms with Gasteiger partial charge in [-0.25, -0.2) is 0 Å². The van der Waals surface area contributed by atoms with E-state index in [2.05, 4.69) is 0 Å². The molecular formula is C82H170N4O39. The molecule has 0 aliphatic rings. The van der Waals surface area contributed by atoms with Crippen molar-refractivity contribution in [2.45, 2.75) is 12.2 Å². The van der Waals surface area contributed by atoms with E-state index in [-0.39, 0.29) is 25.4 Å². The molecule has 2 atom stereocenters. The lowest BCUT2D eigenvalue weighted by atomic mass is 10.3. The summed E-state index contributed by atoms with van der Waals surface area (Å²) < 4.78 is 217. The lowest BCUT2D eigenvalue weighted by molar-refractivity contribution is -0.0984. The summed E-state index contributed by atoms with van der Waals surface area (Å²) >= 11 is 0. The Morgan fingerprint density at radius 1 is 0.0880 bits per heavy atom. The van der Waals surface area contributed by atoms with Gasteiger partial charge in [0.1, 0.15) is 12.2 Å². The van der Waals surface area contributed by atoms with Crippen molar-refractivity contribution in [1.29, 1.82) is 0 Å². The zero-order valence-corrected chi connectivity index (χ0v) is 76.0. The lowest BCUT2D eigenvalue weighted by Crippen LogP contribution is -2.33. The van der Waals surface area contributed by atoms with E-state index in [1.807, 2.05) is 0 Å². The maximum atomic E-state index is 5.96. The normalized spacial score (nSPS) is 12.4. The van der Waals surface area contributed by atoms with Crippen LogP contribution < -0.4 is 22.9 Å². The average molecular weight is 1840 g/mol. The van der Waals surface area contributed by atoms with Gasteiger partial charge in [-0.2, -0.15) is 0 Å². The topological polar surface area (TPSA) is 464 Å². The third-order valence-corrected chi connectivity index (χ3v) is 15.3. The van der Waals surface area contributed by atoms with Crippen LogP contribution >= 0.6 is 0 Å². The highest BCUT2D eigenvalue weighted by molar-refractivity contribution is 4.61. The minimum absolute atomic E-state index is 0.276. The van der Waals surface area contributed by atoms with Crippen LogP contribution in [-0.2, 0) is 185 Å². The average Bonchev–Trinajstić information content (AvgIpc) is 0.968. The third-order valence-electron chi connectivity index (χ3n) is 15.3. The lowest BCUT2D eigenvalue weighted by Gasteiger charge is -2.21. The maximum Gasteiger partial charge on any atom is 0.104 e. The van der Waals surface area contributed by atoms with Crippen molar-refractivity contribution < 1.29 is 185 Å². The maximum absolute atomic E-state index is 5.96. The molecule has 0 aliphatic heterocycles. The molecular weight excluding hydrogens is 1660 g/mol. The van der Waals surface area contributed by atoms with Gasteiger partial charge in [0, 0.05) is 26.2 Å². The molecule has 125 heavy (non-hydrogen) atoms. The van der Waals surface area contributed by atoms with Crippen molar-refractivity contribution in [3.8, 4) is 0 Å². The third kappa shape index (κ3) is 115. The van der Waals surface area contributed by atoms with Crippen LogP contribution in [0.4, 0.5) is 0 Å². The predicted octanol–water partition coefficient (Wildman–Crippen LogP) is -1.79. The first-order valence-corrected chi connectivity index (χ1v) is 44.7. The Balaban J connectivity index is 3.43. The van der Waals surface area contributed by atoms with Gasteiger partial charge < -0.3 is 208 Å². The zero-order chi connectivity index (χ0) is 89.3. The van der Waals surface area contributed by atoms with Gasteiger partial charge in [-0.3, -0.25) is 0 Å². The minimum Gasteiger partial charge on any atom is -0.378 e. The van der Waals surface area contributed by atoms with Gasteiger partial charge in [-0.05, 0) is 0 Å². The zero-order valence-electron chi connectivity index (χ0n) is 76.0. The highest BCUT2D eigenvalue weighted by Crippen LogP contribution is 2.02. The summed E-state index contributed by atoms with van der Waals surface area (Å²) in [7, 11) is 0. The quantitative estimate of drug-likeness (QED) is 0.0488. The highest BCUT2D eigenvalue weighted by atomic mass is 16.6. The van der Waals surface area contributed by atoms with E-state index in [0.29, 0.717) is 515 Å². The molecule has 8 N–H and O–H groups in total. The van der Waals surface area contributed by atoms with Crippen LogP contribution in [0.5, 0.6) is 0 Å². The van der Waals surface area contributed by atoms with Crippen LogP contribution in [0.1, 0.15) is 0 Å². The Labute approximate surface area is 745 Å². The molecule has 0 spiro atoms. The number of nitrogens with two attached hydrogens (primary N) is 4. The number of rotatable bonds is 120. The first-order valence-electron chi connectivity index (χ1n) is 44.7.